The van der Waals surface area contributed by atoms with Crippen LogP contribution in [0.2, 0.25) is 0 Å². The van der Waals surface area contributed by atoms with Gasteiger partial charge in [0.05, 0.1) is 11.3 Å². The van der Waals surface area contributed by atoms with Crippen molar-refractivity contribution < 1.29 is 18.3 Å². The number of anilines is 1. The third-order valence-electron chi connectivity index (χ3n) is 3.13. The maximum absolute atomic E-state index is 12.5. The van der Waals surface area contributed by atoms with E-state index in [1.54, 1.807) is 32.9 Å². The van der Waals surface area contributed by atoms with Crippen LogP contribution in [0.1, 0.15) is 43.1 Å². The molecule has 0 fully saturated rings. The first-order valence-electron chi connectivity index (χ1n) is 6.78. The second-order valence-electron chi connectivity index (χ2n) is 6.18. The van der Waals surface area contributed by atoms with Crippen LogP contribution in [0.5, 0.6) is 0 Å². The SMILES string of the molecule is CC(C)(C)NS(=O)(=O)N1CCCc2cc(C(=O)O)ccc21. The molecule has 116 valence electrons. The van der Waals surface area contributed by atoms with Crippen LogP contribution in [-0.4, -0.2) is 31.6 Å². The van der Waals surface area contributed by atoms with Crippen LogP contribution in [0.3, 0.4) is 0 Å². The summed E-state index contributed by atoms with van der Waals surface area (Å²) < 4.78 is 28.9. The van der Waals surface area contributed by atoms with E-state index in [2.05, 4.69) is 4.72 Å². The minimum atomic E-state index is -3.65. The molecule has 0 spiro atoms. The summed E-state index contributed by atoms with van der Waals surface area (Å²) >= 11 is 0. The Morgan fingerprint density at radius 2 is 2.00 bits per heavy atom. The molecule has 0 atom stereocenters. The highest BCUT2D eigenvalue weighted by Gasteiger charge is 2.30. The fraction of sp³-hybridized carbons (Fsp3) is 0.500. The highest BCUT2D eigenvalue weighted by molar-refractivity contribution is 7.90. The van der Waals surface area contributed by atoms with E-state index in [1.165, 1.54) is 10.4 Å². The van der Waals surface area contributed by atoms with Gasteiger partial charge in [-0.3, -0.25) is 4.31 Å². The van der Waals surface area contributed by atoms with Crippen LogP contribution in [0.4, 0.5) is 5.69 Å². The van der Waals surface area contributed by atoms with Gasteiger partial charge in [-0.25, -0.2) is 4.79 Å². The largest absolute Gasteiger partial charge is 0.478 e. The van der Waals surface area contributed by atoms with Gasteiger partial charge in [-0.2, -0.15) is 13.1 Å². The highest BCUT2D eigenvalue weighted by atomic mass is 32.2. The Labute approximate surface area is 125 Å². The number of carboxylic acids is 1. The van der Waals surface area contributed by atoms with Gasteiger partial charge >= 0.3 is 16.2 Å². The van der Waals surface area contributed by atoms with Gasteiger partial charge in [-0.15, -0.1) is 0 Å². The Bertz CT molecular complexity index is 662. The molecule has 2 rings (SSSR count). The average molecular weight is 312 g/mol. The number of nitrogens with one attached hydrogen (secondary N) is 1. The fourth-order valence-corrected chi connectivity index (χ4v) is 4.08. The Balaban J connectivity index is 2.41. The van der Waals surface area contributed by atoms with Crippen molar-refractivity contribution in [1.29, 1.82) is 0 Å². The second kappa shape index (κ2) is 5.31. The number of benzene rings is 1. The first kappa shape index (κ1) is 15.8. The number of carboxylic acid groups (broad SMARTS) is 1. The molecule has 7 heteroatoms. The number of carbonyl (C=O) groups is 1. The Morgan fingerprint density at radius 3 is 2.57 bits per heavy atom. The van der Waals surface area contributed by atoms with Gasteiger partial charge in [0, 0.05) is 12.1 Å². The van der Waals surface area contributed by atoms with Gasteiger partial charge in [0.2, 0.25) is 0 Å². The van der Waals surface area contributed by atoms with Crippen molar-refractivity contribution in [2.45, 2.75) is 39.2 Å². The second-order valence-corrected chi connectivity index (χ2v) is 7.78. The lowest BCUT2D eigenvalue weighted by molar-refractivity contribution is 0.0696. The fourth-order valence-electron chi connectivity index (χ4n) is 2.39. The van der Waals surface area contributed by atoms with Crippen molar-refractivity contribution in [3.05, 3.63) is 29.3 Å². The Hall–Kier alpha value is -1.60. The molecule has 0 aromatic heterocycles. The molecule has 0 saturated heterocycles. The zero-order valence-electron chi connectivity index (χ0n) is 12.4. The van der Waals surface area contributed by atoms with E-state index >= 15 is 0 Å². The molecular formula is C14H20N2O4S. The van der Waals surface area contributed by atoms with Crippen LogP contribution in [0, 0.1) is 0 Å². The maximum Gasteiger partial charge on any atom is 0.335 e. The van der Waals surface area contributed by atoms with E-state index in [1.807, 2.05) is 0 Å². The van der Waals surface area contributed by atoms with Crippen molar-refractivity contribution >= 4 is 21.9 Å². The van der Waals surface area contributed by atoms with Crippen molar-refractivity contribution in [3.8, 4) is 0 Å². The molecule has 0 saturated carbocycles. The van der Waals surface area contributed by atoms with E-state index in [0.29, 0.717) is 25.1 Å². The molecule has 1 aliphatic rings. The first-order chi connectivity index (χ1) is 9.60. The minimum Gasteiger partial charge on any atom is -0.478 e. The van der Waals surface area contributed by atoms with Crippen molar-refractivity contribution in [1.82, 2.24) is 4.72 Å². The minimum absolute atomic E-state index is 0.178. The van der Waals surface area contributed by atoms with Crippen LogP contribution in [-0.2, 0) is 16.6 Å². The molecule has 0 amide bonds. The van der Waals surface area contributed by atoms with Crippen LogP contribution < -0.4 is 9.03 Å². The lowest BCUT2D eigenvalue weighted by atomic mass is 10.0. The molecule has 1 heterocycles. The van der Waals surface area contributed by atoms with Gasteiger partial charge in [-0.1, -0.05) is 0 Å². The molecule has 1 aliphatic heterocycles. The van der Waals surface area contributed by atoms with Gasteiger partial charge in [0.1, 0.15) is 0 Å². The van der Waals surface area contributed by atoms with Crippen molar-refractivity contribution in [3.63, 3.8) is 0 Å². The summed E-state index contributed by atoms with van der Waals surface area (Å²) in [5.74, 6) is -1.01. The Morgan fingerprint density at radius 1 is 1.33 bits per heavy atom. The topological polar surface area (TPSA) is 86.7 Å². The number of rotatable bonds is 3. The number of hydrogen-bond donors (Lipinski definition) is 2. The van der Waals surface area contributed by atoms with Gasteiger partial charge in [0.25, 0.3) is 0 Å². The zero-order valence-corrected chi connectivity index (χ0v) is 13.2. The molecule has 0 unspecified atom stereocenters. The summed E-state index contributed by atoms with van der Waals surface area (Å²) in [4.78, 5) is 11.0. The van der Waals surface area contributed by atoms with Gasteiger partial charge in [0.15, 0.2) is 0 Å². The third-order valence-corrected chi connectivity index (χ3v) is 4.96. The molecule has 0 radical (unpaired) electrons. The third kappa shape index (κ3) is 3.54. The van der Waals surface area contributed by atoms with E-state index in [0.717, 1.165) is 5.56 Å². The number of nitrogens with zero attached hydrogens (tertiary/aromatic N) is 1. The van der Waals surface area contributed by atoms with E-state index in [-0.39, 0.29) is 5.56 Å². The predicted molar refractivity (Wildman–Crippen MR) is 80.9 cm³/mol. The quantitative estimate of drug-likeness (QED) is 0.890. The highest BCUT2D eigenvalue weighted by Crippen LogP contribution is 2.30. The van der Waals surface area contributed by atoms with Gasteiger partial charge in [-0.05, 0) is 57.4 Å². The predicted octanol–water partition coefficient (Wildman–Crippen LogP) is 1.77. The van der Waals surface area contributed by atoms with Crippen molar-refractivity contribution in [2.24, 2.45) is 0 Å². The lowest BCUT2D eigenvalue weighted by Gasteiger charge is -2.33. The molecule has 0 bridgehead atoms. The smallest absolute Gasteiger partial charge is 0.335 e. The summed E-state index contributed by atoms with van der Waals surface area (Å²) in [5, 5.41) is 9.02. The molecule has 21 heavy (non-hydrogen) atoms. The lowest BCUT2D eigenvalue weighted by Crippen LogP contribution is -2.50. The summed E-state index contributed by atoms with van der Waals surface area (Å²) in [6, 6.07) is 4.56. The number of aromatic carboxylic acids is 1. The zero-order chi connectivity index (χ0) is 15.8. The van der Waals surface area contributed by atoms with E-state index in [9.17, 15) is 13.2 Å². The summed E-state index contributed by atoms with van der Waals surface area (Å²) in [6.45, 7) is 5.74. The molecule has 2 N–H and O–H groups in total. The summed E-state index contributed by atoms with van der Waals surface area (Å²) in [7, 11) is -3.65. The van der Waals surface area contributed by atoms with Gasteiger partial charge < -0.3 is 5.11 Å². The van der Waals surface area contributed by atoms with E-state index in [4.69, 9.17) is 5.11 Å². The molecule has 6 nitrogen and oxygen atoms in total. The number of aryl methyl sites for hydroxylation is 1. The molecule has 0 aliphatic carbocycles. The molecular weight excluding hydrogens is 292 g/mol. The number of hydrogen-bond acceptors (Lipinski definition) is 3. The Kier molecular flexibility index (Phi) is 3.99. The summed E-state index contributed by atoms with van der Waals surface area (Å²) in [6.07, 6.45) is 1.35. The van der Waals surface area contributed by atoms with E-state index < -0.39 is 21.7 Å². The first-order valence-corrected chi connectivity index (χ1v) is 8.22. The normalized spacial score (nSPS) is 15.7. The van der Waals surface area contributed by atoms with Crippen LogP contribution in [0.15, 0.2) is 18.2 Å². The van der Waals surface area contributed by atoms with Crippen LogP contribution in [0.25, 0.3) is 0 Å². The summed E-state index contributed by atoms with van der Waals surface area (Å²) in [5.41, 5.74) is 0.914. The number of fused-ring (bicyclic) bond motifs is 1. The molecule has 1 aromatic carbocycles. The monoisotopic (exact) mass is 312 g/mol. The standard InChI is InChI=1S/C14H20N2O4S/c1-14(2,3)15-21(19,20)16-8-4-5-10-9-11(13(17)18)6-7-12(10)16/h6-7,9,15H,4-5,8H2,1-3H3,(H,17,18). The van der Waals surface area contributed by atoms with Crippen molar-refractivity contribution in [2.75, 3.05) is 10.8 Å². The maximum atomic E-state index is 12.5. The molecule has 1 aromatic rings. The average Bonchev–Trinajstić information content (AvgIpc) is 2.34. The van der Waals surface area contributed by atoms with Crippen LogP contribution >= 0.6 is 0 Å².